The summed E-state index contributed by atoms with van der Waals surface area (Å²) in [5, 5.41) is 0. The first-order chi connectivity index (χ1) is 13.5. The molecule has 1 N–H and O–H groups in total. The predicted octanol–water partition coefficient (Wildman–Crippen LogP) is 3.47. The highest BCUT2D eigenvalue weighted by molar-refractivity contribution is 7.89. The molecule has 0 bridgehead atoms. The number of nitrogens with zero attached hydrogens (tertiary/aromatic N) is 1. The van der Waals surface area contributed by atoms with Crippen molar-refractivity contribution >= 4 is 15.9 Å². The normalized spacial score (nSPS) is 15.5. The Kier molecular flexibility index (Phi) is 6.86. The Morgan fingerprint density at radius 2 is 1.68 bits per heavy atom. The third-order valence-corrected chi connectivity index (χ3v) is 6.89. The lowest BCUT2D eigenvalue weighted by Crippen LogP contribution is -2.38. The number of likely N-dealkylation sites (tertiary alicyclic amines) is 1. The standard InChI is InChI=1S/C22H28N2O3S/c1-2-23-28(26,27)21-12-10-20(11-13-21)22(25)24-16-14-19(15-17-24)9-8-18-6-4-3-5-7-18/h3-7,10-13,19,23H,2,8-9,14-17H2,1H3. The van der Waals surface area contributed by atoms with E-state index in [9.17, 15) is 13.2 Å². The van der Waals surface area contributed by atoms with Crippen molar-refractivity contribution in [1.82, 2.24) is 9.62 Å². The van der Waals surface area contributed by atoms with Gasteiger partial charge >= 0.3 is 0 Å². The van der Waals surface area contributed by atoms with Crippen LogP contribution in [0.3, 0.4) is 0 Å². The molecular weight excluding hydrogens is 372 g/mol. The summed E-state index contributed by atoms with van der Waals surface area (Å²) >= 11 is 0. The van der Waals surface area contributed by atoms with Gasteiger partial charge in [-0.25, -0.2) is 13.1 Å². The molecule has 0 aliphatic carbocycles. The van der Waals surface area contributed by atoms with E-state index < -0.39 is 10.0 Å². The molecule has 1 heterocycles. The first-order valence-electron chi connectivity index (χ1n) is 9.92. The van der Waals surface area contributed by atoms with E-state index >= 15 is 0 Å². The molecule has 1 aliphatic heterocycles. The summed E-state index contributed by atoms with van der Waals surface area (Å²) in [4.78, 5) is 14.8. The van der Waals surface area contributed by atoms with Crippen molar-refractivity contribution in [2.75, 3.05) is 19.6 Å². The van der Waals surface area contributed by atoms with Gasteiger partial charge in [0, 0.05) is 25.2 Å². The fraction of sp³-hybridized carbons (Fsp3) is 0.409. The number of benzene rings is 2. The van der Waals surface area contributed by atoms with Gasteiger partial charge in [-0.15, -0.1) is 0 Å². The Bertz CT molecular complexity index is 872. The Hall–Kier alpha value is -2.18. The summed E-state index contributed by atoms with van der Waals surface area (Å²) in [5.74, 6) is 0.630. The highest BCUT2D eigenvalue weighted by Crippen LogP contribution is 2.24. The smallest absolute Gasteiger partial charge is 0.253 e. The summed E-state index contributed by atoms with van der Waals surface area (Å²) in [7, 11) is -3.49. The summed E-state index contributed by atoms with van der Waals surface area (Å²) in [5.41, 5.74) is 1.91. The second kappa shape index (κ2) is 9.34. The molecule has 1 amide bonds. The van der Waals surface area contributed by atoms with Crippen LogP contribution in [0, 0.1) is 5.92 Å². The van der Waals surface area contributed by atoms with Crippen LogP contribution < -0.4 is 4.72 Å². The number of carbonyl (C=O) groups is 1. The second-order valence-electron chi connectivity index (χ2n) is 7.29. The maximum Gasteiger partial charge on any atom is 0.253 e. The van der Waals surface area contributed by atoms with Crippen LogP contribution in [0.4, 0.5) is 0 Å². The van der Waals surface area contributed by atoms with Crippen LogP contribution in [0.25, 0.3) is 0 Å². The third-order valence-electron chi connectivity index (χ3n) is 5.33. The number of piperidine rings is 1. The fourth-order valence-corrected chi connectivity index (χ4v) is 4.71. The molecule has 5 nitrogen and oxygen atoms in total. The molecule has 1 fully saturated rings. The second-order valence-corrected chi connectivity index (χ2v) is 9.05. The van der Waals surface area contributed by atoms with Gasteiger partial charge < -0.3 is 4.90 Å². The Balaban J connectivity index is 1.52. The van der Waals surface area contributed by atoms with E-state index in [-0.39, 0.29) is 10.8 Å². The summed E-state index contributed by atoms with van der Waals surface area (Å²) in [6.07, 6.45) is 4.28. The van der Waals surface area contributed by atoms with E-state index in [2.05, 4.69) is 29.0 Å². The van der Waals surface area contributed by atoms with Crippen LogP contribution in [0.2, 0.25) is 0 Å². The summed E-state index contributed by atoms with van der Waals surface area (Å²) < 4.78 is 26.5. The van der Waals surface area contributed by atoms with Crippen LogP contribution in [-0.2, 0) is 16.4 Å². The van der Waals surface area contributed by atoms with Crippen LogP contribution in [-0.4, -0.2) is 38.9 Å². The fourth-order valence-electron chi connectivity index (χ4n) is 3.67. The van der Waals surface area contributed by atoms with E-state index in [1.807, 2.05) is 11.0 Å². The lowest BCUT2D eigenvalue weighted by atomic mass is 9.90. The lowest BCUT2D eigenvalue weighted by molar-refractivity contribution is 0.0687. The van der Waals surface area contributed by atoms with Crippen molar-refractivity contribution in [1.29, 1.82) is 0 Å². The maximum atomic E-state index is 12.7. The third kappa shape index (κ3) is 5.20. The summed E-state index contributed by atoms with van der Waals surface area (Å²) in [6, 6.07) is 16.7. The van der Waals surface area contributed by atoms with Crippen LogP contribution in [0.15, 0.2) is 59.5 Å². The molecule has 1 saturated heterocycles. The van der Waals surface area contributed by atoms with Crippen LogP contribution >= 0.6 is 0 Å². The van der Waals surface area contributed by atoms with E-state index in [0.717, 1.165) is 38.8 Å². The topological polar surface area (TPSA) is 66.5 Å². The van der Waals surface area contributed by atoms with E-state index in [0.29, 0.717) is 18.0 Å². The highest BCUT2D eigenvalue weighted by Gasteiger charge is 2.24. The zero-order valence-electron chi connectivity index (χ0n) is 16.3. The monoisotopic (exact) mass is 400 g/mol. The largest absolute Gasteiger partial charge is 0.339 e. The molecule has 2 aromatic carbocycles. The van der Waals surface area contributed by atoms with Gasteiger partial charge in [0.05, 0.1) is 4.90 Å². The van der Waals surface area contributed by atoms with E-state index in [1.54, 1.807) is 19.1 Å². The molecule has 0 radical (unpaired) electrons. The van der Waals surface area contributed by atoms with Crippen molar-refractivity contribution in [3.8, 4) is 0 Å². The molecule has 150 valence electrons. The van der Waals surface area contributed by atoms with Gasteiger partial charge in [0.2, 0.25) is 10.0 Å². The van der Waals surface area contributed by atoms with Gasteiger partial charge in [-0.3, -0.25) is 4.79 Å². The van der Waals surface area contributed by atoms with E-state index in [1.165, 1.54) is 17.7 Å². The van der Waals surface area contributed by atoms with Gasteiger partial charge in [0.1, 0.15) is 0 Å². The molecule has 0 unspecified atom stereocenters. The molecular formula is C22H28N2O3S. The SMILES string of the molecule is CCNS(=O)(=O)c1ccc(C(=O)N2CCC(CCc3ccccc3)CC2)cc1. The number of hydrogen-bond donors (Lipinski definition) is 1. The van der Waals surface area contributed by atoms with Crippen molar-refractivity contribution in [2.45, 2.75) is 37.5 Å². The van der Waals surface area contributed by atoms with Crippen molar-refractivity contribution in [3.63, 3.8) is 0 Å². The van der Waals surface area contributed by atoms with E-state index in [4.69, 9.17) is 0 Å². The molecule has 2 aromatic rings. The van der Waals surface area contributed by atoms with Crippen LogP contribution in [0.5, 0.6) is 0 Å². The number of hydrogen-bond acceptors (Lipinski definition) is 3. The molecule has 3 rings (SSSR count). The average Bonchev–Trinajstić information content (AvgIpc) is 2.73. The minimum Gasteiger partial charge on any atom is -0.339 e. The van der Waals surface area contributed by atoms with Gasteiger partial charge in [-0.05, 0) is 61.4 Å². The first-order valence-corrected chi connectivity index (χ1v) is 11.4. The number of nitrogens with one attached hydrogen (secondary N) is 1. The number of sulfonamides is 1. The van der Waals surface area contributed by atoms with Gasteiger partial charge in [-0.2, -0.15) is 0 Å². The molecule has 0 spiro atoms. The van der Waals surface area contributed by atoms with Crippen LogP contribution in [0.1, 0.15) is 42.1 Å². The number of carbonyl (C=O) groups excluding carboxylic acids is 1. The van der Waals surface area contributed by atoms with Gasteiger partial charge in [-0.1, -0.05) is 37.3 Å². The number of aryl methyl sites for hydroxylation is 1. The van der Waals surface area contributed by atoms with Crippen molar-refractivity contribution < 1.29 is 13.2 Å². The quantitative estimate of drug-likeness (QED) is 0.774. The first kappa shape index (κ1) is 20.6. The molecule has 0 atom stereocenters. The number of rotatable bonds is 7. The minimum absolute atomic E-state index is 0.0195. The Morgan fingerprint density at radius 3 is 2.29 bits per heavy atom. The molecule has 0 aromatic heterocycles. The molecule has 1 aliphatic rings. The zero-order valence-corrected chi connectivity index (χ0v) is 17.1. The predicted molar refractivity (Wildman–Crippen MR) is 111 cm³/mol. The molecule has 28 heavy (non-hydrogen) atoms. The molecule has 0 saturated carbocycles. The van der Waals surface area contributed by atoms with Crippen molar-refractivity contribution in [3.05, 3.63) is 65.7 Å². The van der Waals surface area contributed by atoms with Crippen molar-refractivity contribution in [2.24, 2.45) is 5.92 Å². The van der Waals surface area contributed by atoms with Gasteiger partial charge in [0.25, 0.3) is 5.91 Å². The average molecular weight is 401 g/mol. The Morgan fingerprint density at radius 1 is 1.04 bits per heavy atom. The Labute approximate surface area is 167 Å². The zero-order chi connectivity index (χ0) is 20.0. The minimum atomic E-state index is -3.49. The highest BCUT2D eigenvalue weighted by atomic mass is 32.2. The lowest BCUT2D eigenvalue weighted by Gasteiger charge is -2.32. The number of amides is 1. The van der Waals surface area contributed by atoms with Gasteiger partial charge in [0.15, 0.2) is 0 Å². The summed E-state index contributed by atoms with van der Waals surface area (Å²) in [6.45, 7) is 3.59. The molecule has 6 heteroatoms. The maximum absolute atomic E-state index is 12.7.